The molecule has 2 nitrogen and oxygen atoms in total. The summed E-state index contributed by atoms with van der Waals surface area (Å²) in [4.78, 5) is 0. The first-order chi connectivity index (χ1) is 8.61. The maximum Gasteiger partial charge on any atom is 0.165 e. The van der Waals surface area contributed by atoms with Gasteiger partial charge in [-0.2, -0.15) is 0 Å². The highest BCUT2D eigenvalue weighted by Gasteiger charge is 2.08. The second-order valence-corrected chi connectivity index (χ2v) is 3.74. The van der Waals surface area contributed by atoms with Gasteiger partial charge in [0.25, 0.3) is 0 Å². The van der Waals surface area contributed by atoms with Gasteiger partial charge in [0.1, 0.15) is 0 Å². The fraction of sp³-hybridized carbons (Fsp3) is 0.143. The third kappa shape index (κ3) is 2.42. The quantitative estimate of drug-likeness (QED) is 0.899. The molecule has 0 aliphatic heterocycles. The predicted octanol–water partition coefficient (Wildman–Crippen LogP) is 3.74. The summed E-state index contributed by atoms with van der Waals surface area (Å²) in [6.45, 7) is 2.15. The number of aromatic hydroxyl groups is 1. The van der Waals surface area contributed by atoms with Crippen LogP contribution < -0.4 is 4.74 Å². The molecule has 0 aromatic heterocycles. The lowest BCUT2D eigenvalue weighted by atomic mass is 10.1. The van der Waals surface area contributed by atoms with Crippen molar-refractivity contribution in [2.75, 3.05) is 6.61 Å². The molecule has 4 heteroatoms. The third-order valence-corrected chi connectivity index (χ3v) is 2.51. The molecule has 2 rings (SSSR count). The zero-order chi connectivity index (χ0) is 13.1. The number of phenols is 1. The van der Waals surface area contributed by atoms with Crippen molar-refractivity contribution in [2.45, 2.75) is 6.92 Å². The number of phenolic OH excluding ortho intramolecular Hbond substituents is 1. The second-order valence-electron chi connectivity index (χ2n) is 3.74. The predicted molar refractivity (Wildman–Crippen MR) is 64.6 cm³/mol. The maximum absolute atomic E-state index is 13.6. The average molecular weight is 250 g/mol. The first kappa shape index (κ1) is 12.4. The lowest BCUT2D eigenvalue weighted by molar-refractivity contribution is 0.321. The highest BCUT2D eigenvalue weighted by molar-refractivity contribution is 5.65. The van der Waals surface area contributed by atoms with Crippen molar-refractivity contribution in [3.8, 4) is 22.6 Å². The third-order valence-electron chi connectivity index (χ3n) is 2.51. The molecule has 0 aliphatic carbocycles. The molecule has 0 spiro atoms. The Kier molecular flexibility index (Phi) is 3.46. The Morgan fingerprint density at radius 3 is 2.17 bits per heavy atom. The van der Waals surface area contributed by atoms with Crippen molar-refractivity contribution in [1.29, 1.82) is 0 Å². The molecule has 1 N–H and O–H groups in total. The average Bonchev–Trinajstić information content (AvgIpc) is 2.35. The van der Waals surface area contributed by atoms with Gasteiger partial charge in [0.2, 0.25) is 0 Å². The topological polar surface area (TPSA) is 29.5 Å². The van der Waals surface area contributed by atoms with Gasteiger partial charge in [-0.05, 0) is 42.3 Å². The van der Waals surface area contributed by atoms with Gasteiger partial charge in [-0.3, -0.25) is 0 Å². The van der Waals surface area contributed by atoms with E-state index in [1.54, 1.807) is 13.0 Å². The van der Waals surface area contributed by atoms with Crippen molar-refractivity contribution in [3.05, 3.63) is 48.0 Å². The molecule has 0 saturated heterocycles. The molecular weight excluding hydrogens is 238 g/mol. The van der Waals surface area contributed by atoms with Crippen LogP contribution in [0.15, 0.2) is 36.4 Å². The Morgan fingerprint density at radius 2 is 1.61 bits per heavy atom. The summed E-state index contributed by atoms with van der Waals surface area (Å²) < 4.78 is 31.9. The molecule has 0 radical (unpaired) electrons. The molecule has 0 saturated carbocycles. The first-order valence-electron chi connectivity index (χ1n) is 5.53. The summed E-state index contributed by atoms with van der Waals surface area (Å²) in [6.07, 6.45) is 0. The number of hydrogen-bond donors (Lipinski definition) is 1. The zero-order valence-electron chi connectivity index (χ0n) is 9.78. The minimum atomic E-state index is -0.734. The number of hydrogen-bond acceptors (Lipinski definition) is 2. The normalized spacial score (nSPS) is 10.4. The van der Waals surface area contributed by atoms with Crippen LogP contribution in [0.1, 0.15) is 6.92 Å². The van der Waals surface area contributed by atoms with Gasteiger partial charge < -0.3 is 9.84 Å². The summed E-state index contributed by atoms with van der Waals surface area (Å²) in [7, 11) is 0. The van der Waals surface area contributed by atoms with E-state index >= 15 is 0 Å². The maximum atomic E-state index is 13.6. The molecule has 0 atom stereocenters. The highest BCUT2D eigenvalue weighted by atomic mass is 19.1. The van der Waals surface area contributed by atoms with Crippen molar-refractivity contribution >= 4 is 0 Å². The van der Waals surface area contributed by atoms with Crippen LogP contribution in [0.25, 0.3) is 11.1 Å². The minimum absolute atomic E-state index is 0.167. The summed E-state index contributed by atoms with van der Waals surface area (Å²) in [5, 5.41) is 9.09. The molecule has 0 bridgehead atoms. The molecule has 0 unspecified atom stereocenters. The van der Waals surface area contributed by atoms with E-state index in [1.165, 1.54) is 24.3 Å². The van der Waals surface area contributed by atoms with E-state index in [-0.39, 0.29) is 5.75 Å². The van der Waals surface area contributed by atoms with Crippen LogP contribution in [0.2, 0.25) is 0 Å². The van der Waals surface area contributed by atoms with E-state index in [4.69, 9.17) is 9.84 Å². The molecule has 18 heavy (non-hydrogen) atoms. The largest absolute Gasteiger partial charge is 0.505 e. The fourth-order valence-corrected chi connectivity index (χ4v) is 1.64. The summed E-state index contributed by atoms with van der Waals surface area (Å²) >= 11 is 0. The summed E-state index contributed by atoms with van der Waals surface area (Å²) in [5.41, 5.74) is 1.02. The highest BCUT2D eigenvalue weighted by Crippen LogP contribution is 2.28. The molecule has 2 aromatic carbocycles. The number of halogens is 2. The monoisotopic (exact) mass is 250 g/mol. The first-order valence-corrected chi connectivity index (χ1v) is 5.53. The molecule has 0 amide bonds. The van der Waals surface area contributed by atoms with Gasteiger partial charge in [-0.15, -0.1) is 0 Å². The van der Waals surface area contributed by atoms with Crippen molar-refractivity contribution in [2.24, 2.45) is 0 Å². The smallest absolute Gasteiger partial charge is 0.165 e. The zero-order valence-corrected chi connectivity index (χ0v) is 9.78. The van der Waals surface area contributed by atoms with Gasteiger partial charge in [0.05, 0.1) is 6.61 Å². The van der Waals surface area contributed by atoms with Gasteiger partial charge in [0.15, 0.2) is 23.1 Å². The van der Waals surface area contributed by atoms with Crippen molar-refractivity contribution in [3.63, 3.8) is 0 Å². The Morgan fingerprint density at radius 1 is 1.00 bits per heavy atom. The standard InChI is InChI=1S/C14H12F2O2/c1-2-18-14-6-4-10(8-12(14)16)9-3-5-13(17)11(15)7-9/h3-8,17H,2H2,1H3. The van der Waals surface area contributed by atoms with Gasteiger partial charge in [-0.1, -0.05) is 12.1 Å². The van der Waals surface area contributed by atoms with Gasteiger partial charge in [0, 0.05) is 0 Å². The minimum Gasteiger partial charge on any atom is -0.505 e. The lowest BCUT2D eigenvalue weighted by Gasteiger charge is -2.07. The SMILES string of the molecule is CCOc1ccc(-c2ccc(O)c(F)c2)cc1F. The van der Waals surface area contributed by atoms with Crippen LogP contribution >= 0.6 is 0 Å². The van der Waals surface area contributed by atoms with Crippen LogP contribution in [0.4, 0.5) is 8.78 Å². The molecule has 0 heterocycles. The Bertz CT molecular complexity index is 568. The summed E-state index contributed by atoms with van der Waals surface area (Å²) in [5.74, 6) is -1.49. The molecular formula is C14H12F2O2. The van der Waals surface area contributed by atoms with Crippen LogP contribution in [0, 0.1) is 11.6 Å². The number of rotatable bonds is 3. The van der Waals surface area contributed by atoms with Crippen LogP contribution in [0.5, 0.6) is 11.5 Å². The molecule has 0 aliphatic rings. The Hall–Kier alpha value is -2.10. The van der Waals surface area contributed by atoms with Crippen LogP contribution in [-0.2, 0) is 0 Å². The number of ether oxygens (including phenoxy) is 1. The van der Waals surface area contributed by atoms with Gasteiger partial charge in [-0.25, -0.2) is 8.78 Å². The lowest BCUT2D eigenvalue weighted by Crippen LogP contribution is -1.94. The van der Waals surface area contributed by atoms with Crippen molar-refractivity contribution < 1.29 is 18.6 Å². The van der Waals surface area contributed by atoms with E-state index in [2.05, 4.69) is 0 Å². The van der Waals surface area contributed by atoms with E-state index in [9.17, 15) is 8.78 Å². The van der Waals surface area contributed by atoms with Gasteiger partial charge >= 0.3 is 0 Å². The van der Waals surface area contributed by atoms with Crippen LogP contribution in [0.3, 0.4) is 0 Å². The second kappa shape index (κ2) is 5.04. The van der Waals surface area contributed by atoms with Crippen LogP contribution in [-0.4, -0.2) is 11.7 Å². The number of benzene rings is 2. The van der Waals surface area contributed by atoms with E-state index < -0.39 is 17.4 Å². The molecule has 2 aromatic rings. The van der Waals surface area contributed by atoms with E-state index in [0.717, 1.165) is 6.07 Å². The molecule has 94 valence electrons. The van der Waals surface area contributed by atoms with Crippen molar-refractivity contribution in [1.82, 2.24) is 0 Å². The Labute approximate surface area is 103 Å². The molecule has 0 fully saturated rings. The fourth-order valence-electron chi connectivity index (χ4n) is 1.64. The van der Waals surface area contributed by atoms with E-state index in [0.29, 0.717) is 17.7 Å². The Balaban J connectivity index is 2.39. The summed E-state index contributed by atoms with van der Waals surface area (Å²) in [6, 6.07) is 8.33. The van der Waals surface area contributed by atoms with E-state index in [1.807, 2.05) is 0 Å².